The minimum absolute atomic E-state index is 0.771. The van der Waals surface area contributed by atoms with Crippen LogP contribution in [0.5, 0.6) is 0 Å². The van der Waals surface area contributed by atoms with Gasteiger partial charge in [-0.1, -0.05) is 25.1 Å². The van der Waals surface area contributed by atoms with Crippen LogP contribution in [0.2, 0.25) is 0 Å². The predicted octanol–water partition coefficient (Wildman–Crippen LogP) is 3.00. The molecule has 1 rings (SSSR count). The molecule has 0 atom stereocenters. The molecule has 0 saturated carbocycles. The van der Waals surface area contributed by atoms with Crippen LogP contribution in [0.4, 0.5) is 5.69 Å². The highest BCUT2D eigenvalue weighted by molar-refractivity contribution is 5.44. The van der Waals surface area contributed by atoms with Gasteiger partial charge >= 0.3 is 0 Å². The maximum Gasteiger partial charge on any atom is 0.0988 e. The molecule has 0 heterocycles. The van der Waals surface area contributed by atoms with E-state index in [-0.39, 0.29) is 0 Å². The largest absolute Gasteiger partial charge is 0.500 e. The van der Waals surface area contributed by atoms with Crippen LogP contribution in [0.25, 0.3) is 0 Å². The zero-order valence-corrected chi connectivity index (χ0v) is 7.86. The van der Waals surface area contributed by atoms with E-state index in [1.54, 1.807) is 12.5 Å². The number of anilines is 1. The summed E-state index contributed by atoms with van der Waals surface area (Å²) in [6.07, 6.45) is 4.51. The maximum absolute atomic E-state index is 5.16. The lowest BCUT2D eigenvalue weighted by atomic mass is 10.3. The highest BCUT2D eigenvalue weighted by Gasteiger charge is 1.82. The maximum atomic E-state index is 5.16. The second kappa shape index (κ2) is 6.12. The molecule has 0 aromatic heterocycles. The molecule has 13 heavy (non-hydrogen) atoms. The van der Waals surface area contributed by atoms with Crippen LogP contribution >= 0.6 is 0 Å². The van der Waals surface area contributed by atoms with Gasteiger partial charge in [-0.3, -0.25) is 0 Å². The molecule has 0 saturated heterocycles. The summed E-state index contributed by atoms with van der Waals surface area (Å²) in [7, 11) is 0. The Morgan fingerprint density at radius 3 is 2.77 bits per heavy atom. The Morgan fingerprint density at radius 2 is 2.08 bits per heavy atom. The SMILES string of the molecule is CCCOC=CNc1ccccc1. The van der Waals surface area contributed by atoms with E-state index in [1.165, 1.54) is 0 Å². The number of benzene rings is 1. The summed E-state index contributed by atoms with van der Waals surface area (Å²) in [5, 5.41) is 3.10. The molecule has 0 aliphatic heterocycles. The lowest BCUT2D eigenvalue weighted by Gasteiger charge is -1.99. The molecule has 0 aliphatic carbocycles. The fourth-order valence-corrected chi connectivity index (χ4v) is 0.899. The lowest BCUT2D eigenvalue weighted by Crippen LogP contribution is -1.88. The van der Waals surface area contributed by atoms with Gasteiger partial charge in [-0.2, -0.15) is 0 Å². The van der Waals surface area contributed by atoms with Crippen molar-refractivity contribution in [3.05, 3.63) is 42.8 Å². The average Bonchev–Trinajstić information content (AvgIpc) is 2.19. The van der Waals surface area contributed by atoms with Crippen molar-refractivity contribution in [1.82, 2.24) is 0 Å². The smallest absolute Gasteiger partial charge is 0.0988 e. The van der Waals surface area contributed by atoms with Gasteiger partial charge in [0.15, 0.2) is 0 Å². The summed E-state index contributed by atoms with van der Waals surface area (Å²) in [6, 6.07) is 9.98. The molecule has 0 fully saturated rings. The molecule has 0 amide bonds. The van der Waals surface area contributed by atoms with Crippen molar-refractivity contribution in [3.63, 3.8) is 0 Å². The third-order valence-corrected chi connectivity index (χ3v) is 1.51. The van der Waals surface area contributed by atoms with Gasteiger partial charge in [0.25, 0.3) is 0 Å². The predicted molar refractivity (Wildman–Crippen MR) is 55.4 cm³/mol. The normalized spacial score (nSPS) is 10.2. The highest BCUT2D eigenvalue weighted by atomic mass is 16.5. The molecule has 2 heteroatoms. The van der Waals surface area contributed by atoms with Gasteiger partial charge in [0, 0.05) is 11.9 Å². The Kier molecular flexibility index (Phi) is 4.54. The molecule has 0 radical (unpaired) electrons. The molecule has 1 aromatic carbocycles. The summed E-state index contributed by atoms with van der Waals surface area (Å²) in [5.41, 5.74) is 1.07. The standard InChI is InChI=1S/C11H15NO/c1-2-9-13-10-8-12-11-6-4-3-5-7-11/h3-8,10,12H,2,9H2,1H3. The van der Waals surface area contributed by atoms with Crippen molar-refractivity contribution in [2.24, 2.45) is 0 Å². The van der Waals surface area contributed by atoms with Crippen molar-refractivity contribution in [3.8, 4) is 0 Å². The quantitative estimate of drug-likeness (QED) is 0.551. The number of nitrogens with one attached hydrogen (secondary N) is 1. The summed E-state index contributed by atoms with van der Waals surface area (Å²) >= 11 is 0. The van der Waals surface area contributed by atoms with Crippen molar-refractivity contribution in [2.75, 3.05) is 11.9 Å². The Hall–Kier alpha value is -1.44. The van der Waals surface area contributed by atoms with Crippen LogP contribution in [0.15, 0.2) is 42.8 Å². The fraction of sp³-hybridized carbons (Fsp3) is 0.273. The second-order valence-corrected chi connectivity index (χ2v) is 2.68. The first kappa shape index (κ1) is 9.65. The van der Waals surface area contributed by atoms with E-state index < -0.39 is 0 Å². The summed E-state index contributed by atoms with van der Waals surface area (Å²) in [6.45, 7) is 2.85. The molecule has 0 unspecified atom stereocenters. The van der Waals surface area contributed by atoms with Gasteiger partial charge in [0.2, 0.25) is 0 Å². The van der Waals surface area contributed by atoms with Gasteiger partial charge in [-0.15, -0.1) is 0 Å². The Balaban J connectivity index is 2.23. The Bertz CT molecular complexity index is 244. The average molecular weight is 177 g/mol. The van der Waals surface area contributed by atoms with Crippen molar-refractivity contribution >= 4 is 5.69 Å². The highest BCUT2D eigenvalue weighted by Crippen LogP contribution is 2.04. The van der Waals surface area contributed by atoms with Gasteiger partial charge in [-0.25, -0.2) is 0 Å². The van der Waals surface area contributed by atoms with E-state index in [1.807, 2.05) is 30.3 Å². The molecule has 2 nitrogen and oxygen atoms in total. The molecule has 0 bridgehead atoms. The Morgan fingerprint density at radius 1 is 1.31 bits per heavy atom. The van der Waals surface area contributed by atoms with E-state index in [0.717, 1.165) is 18.7 Å². The van der Waals surface area contributed by atoms with Crippen LogP contribution in [-0.4, -0.2) is 6.61 Å². The second-order valence-electron chi connectivity index (χ2n) is 2.68. The first-order valence-corrected chi connectivity index (χ1v) is 4.51. The monoisotopic (exact) mass is 177 g/mol. The van der Waals surface area contributed by atoms with E-state index in [2.05, 4.69) is 12.2 Å². The third-order valence-electron chi connectivity index (χ3n) is 1.51. The van der Waals surface area contributed by atoms with Crippen molar-refractivity contribution < 1.29 is 4.74 Å². The number of rotatable bonds is 5. The molecule has 1 aromatic rings. The lowest BCUT2D eigenvalue weighted by molar-refractivity contribution is 0.249. The fourth-order valence-electron chi connectivity index (χ4n) is 0.899. The van der Waals surface area contributed by atoms with Crippen LogP contribution < -0.4 is 5.32 Å². The van der Waals surface area contributed by atoms with Gasteiger partial charge in [0.1, 0.15) is 0 Å². The number of hydrogen-bond acceptors (Lipinski definition) is 2. The summed E-state index contributed by atoms with van der Waals surface area (Å²) in [4.78, 5) is 0. The molecular formula is C11H15NO. The van der Waals surface area contributed by atoms with Gasteiger partial charge < -0.3 is 10.1 Å². The number of hydrogen-bond donors (Lipinski definition) is 1. The summed E-state index contributed by atoms with van der Waals surface area (Å²) < 4.78 is 5.16. The van der Waals surface area contributed by atoms with E-state index in [0.29, 0.717) is 0 Å². The van der Waals surface area contributed by atoms with E-state index >= 15 is 0 Å². The third kappa shape index (κ3) is 4.21. The minimum Gasteiger partial charge on any atom is -0.500 e. The zero-order chi connectivity index (χ0) is 9.36. The zero-order valence-electron chi connectivity index (χ0n) is 7.86. The first-order chi connectivity index (χ1) is 6.43. The molecule has 1 N–H and O–H groups in total. The van der Waals surface area contributed by atoms with Crippen molar-refractivity contribution in [1.29, 1.82) is 0 Å². The van der Waals surface area contributed by atoms with E-state index in [9.17, 15) is 0 Å². The van der Waals surface area contributed by atoms with Gasteiger partial charge in [0.05, 0.1) is 12.9 Å². The number of para-hydroxylation sites is 1. The van der Waals surface area contributed by atoms with E-state index in [4.69, 9.17) is 4.74 Å². The minimum atomic E-state index is 0.771. The van der Waals surface area contributed by atoms with Crippen molar-refractivity contribution in [2.45, 2.75) is 13.3 Å². The summed E-state index contributed by atoms with van der Waals surface area (Å²) in [5.74, 6) is 0. The topological polar surface area (TPSA) is 21.3 Å². The van der Waals surface area contributed by atoms with Crippen LogP contribution in [0, 0.1) is 0 Å². The molecule has 0 aliphatic rings. The van der Waals surface area contributed by atoms with Gasteiger partial charge in [-0.05, 0) is 18.6 Å². The van der Waals surface area contributed by atoms with Crippen LogP contribution in [0.3, 0.4) is 0 Å². The first-order valence-electron chi connectivity index (χ1n) is 4.51. The molecule has 70 valence electrons. The number of ether oxygens (including phenoxy) is 1. The molecule has 0 spiro atoms. The Labute approximate surface area is 79.2 Å². The van der Waals surface area contributed by atoms with Crippen LogP contribution in [0.1, 0.15) is 13.3 Å². The van der Waals surface area contributed by atoms with Crippen LogP contribution in [-0.2, 0) is 4.74 Å². The molecular weight excluding hydrogens is 162 g/mol.